The number of nitriles is 1. The van der Waals surface area contributed by atoms with Crippen LogP contribution >= 0.6 is 0 Å². The lowest BCUT2D eigenvalue weighted by Gasteiger charge is -2.07. The third kappa shape index (κ3) is 3.47. The molecule has 5 nitrogen and oxygen atoms in total. The molecule has 3 aromatic rings. The van der Waals surface area contributed by atoms with Gasteiger partial charge in [0.05, 0.1) is 23.9 Å². The molecule has 0 bridgehead atoms. The van der Waals surface area contributed by atoms with Crippen LogP contribution in [0.15, 0.2) is 60.9 Å². The number of benzene rings is 2. The zero-order valence-corrected chi connectivity index (χ0v) is 12.6. The molecule has 118 valence electrons. The van der Waals surface area contributed by atoms with Crippen molar-refractivity contribution < 1.29 is 9.18 Å². The van der Waals surface area contributed by atoms with Crippen LogP contribution in [0.4, 0.5) is 10.1 Å². The van der Waals surface area contributed by atoms with Gasteiger partial charge in [-0.2, -0.15) is 10.4 Å². The highest BCUT2D eigenvalue weighted by Gasteiger charge is 2.08. The summed E-state index contributed by atoms with van der Waals surface area (Å²) < 4.78 is 15.1. The Morgan fingerprint density at radius 2 is 1.96 bits per heavy atom. The molecule has 3 rings (SSSR count). The number of amides is 1. The Balaban J connectivity index is 1.67. The molecule has 0 fully saturated rings. The van der Waals surface area contributed by atoms with E-state index in [2.05, 4.69) is 10.4 Å². The van der Waals surface area contributed by atoms with Gasteiger partial charge < -0.3 is 5.32 Å². The first-order valence-electron chi connectivity index (χ1n) is 7.24. The second kappa shape index (κ2) is 6.75. The standard InChI is InChI=1S/C18H13FN4O/c19-17-4-2-1-3-14(17)9-18(24)22-15-5-7-16(8-6-15)23-12-13(10-20)11-21-23/h1-8,11-12H,9H2,(H,22,24). The smallest absolute Gasteiger partial charge is 0.228 e. The van der Waals surface area contributed by atoms with Crippen LogP contribution in [0.3, 0.4) is 0 Å². The quantitative estimate of drug-likeness (QED) is 0.803. The van der Waals surface area contributed by atoms with Crippen molar-refractivity contribution in [1.82, 2.24) is 9.78 Å². The summed E-state index contributed by atoms with van der Waals surface area (Å²) in [6, 6.07) is 15.2. The Hall–Kier alpha value is -3.46. The molecule has 6 heteroatoms. The molecule has 0 atom stereocenters. The van der Waals surface area contributed by atoms with E-state index in [0.29, 0.717) is 16.8 Å². The molecule has 1 aromatic heterocycles. The van der Waals surface area contributed by atoms with Crippen LogP contribution in [0.2, 0.25) is 0 Å². The van der Waals surface area contributed by atoms with E-state index in [4.69, 9.17) is 5.26 Å². The minimum Gasteiger partial charge on any atom is -0.326 e. The van der Waals surface area contributed by atoms with Gasteiger partial charge >= 0.3 is 0 Å². The average Bonchev–Trinajstić information content (AvgIpc) is 3.07. The molecule has 0 unspecified atom stereocenters. The van der Waals surface area contributed by atoms with Crippen LogP contribution in [0.5, 0.6) is 0 Å². The highest BCUT2D eigenvalue weighted by Crippen LogP contribution is 2.14. The molecule has 0 saturated carbocycles. The monoisotopic (exact) mass is 320 g/mol. The second-order valence-electron chi connectivity index (χ2n) is 5.15. The van der Waals surface area contributed by atoms with Crippen molar-refractivity contribution in [3.05, 3.63) is 77.9 Å². The zero-order valence-electron chi connectivity index (χ0n) is 12.6. The van der Waals surface area contributed by atoms with Gasteiger partial charge in [-0.3, -0.25) is 4.79 Å². The van der Waals surface area contributed by atoms with Crippen LogP contribution in [-0.4, -0.2) is 15.7 Å². The highest BCUT2D eigenvalue weighted by atomic mass is 19.1. The summed E-state index contributed by atoms with van der Waals surface area (Å²) in [4.78, 5) is 12.0. The SMILES string of the molecule is N#Cc1cnn(-c2ccc(NC(=O)Cc3ccccc3F)cc2)c1. The fourth-order valence-electron chi connectivity index (χ4n) is 2.24. The van der Waals surface area contributed by atoms with Gasteiger partial charge in [-0.1, -0.05) is 18.2 Å². The van der Waals surface area contributed by atoms with Crippen LogP contribution in [0, 0.1) is 17.1 Å². The summed E-state index contributed by atoms with van der Waals surface area (Å²) >= 11 is 0. The molecule has 24 heavy (non-hydrogen) atoms. The zero-order chi connectivity index (χ0) is 16.9. The van der Waals surface area contributed by atoms with Crippen molar-refractivity contribution in [3.8, 4) is 11.8 Å². The first kappa shape index (κ1) is 15.4. The van der Waals surface area contributed by atoms with Crippen molar-refractivity contribution >= 4 is 11.6 Å². The van der Waals surface area contributed by atoms with Crippen molar-refractivity contribution in [2.24, 2.45) is 0 Å². The van der Waals surface area contributed by atoms with E-state index in [9.17, 15) is 9.18 Å². The normalized spacial score (nSPS) is 10.2. The molecule has 0 spiro atoms. The molecule has 0 aliphatic carbocycles. The van der Waals surface area contributed by atoms with Gasteiger partial charge in [0, 0.05) is 11.9 Å². The molecule has 1 N–H and O–H groups in total. The number of nitrogens with one attached hydrogen (secondary N) is 1. The lowest BCUT2D eigenvalue weighted by molar-refractivity contribution is -0.115. The number of nitrogens with zero attached hydrogens (tertiary/aromatic N) is 3. The molecule has 0 aliphatic rings. The van der Waals surface area contributed by atoms with Gasteiger partial charge in [0.25, 0.3) is 0 Å². The summed E-state index contributed by atoms with van der Waals surface area (Å²) in [5.74, 6) is -0.686. The van der Waals surface area contributed by atoms with Crippen LogP contribution in [0.1, 0.15) is 11.1 Å². The predicted octanol–water partition coefficient (Wildman–Crippen LogP) is 3.06. The predicted molar refractivity (Wildman–Crippen MR) is 87.0 cm³/mol. The third-order valence-electron chi connectivity index (χ3n) is 3.44. The lowest BCUT2D eigenvalue weighted by Crippen LogP contribution is -2.15. The molecular weight excluding hydrogens is 307 g/mol. The third-order valence-corrected chi connectivity index (χ3v) is 3.44. The van der Waals surface area contributed by atoms with E-state index in [0.717, 1.165) is 5.69 Å². The molecular formula is C18H13FN4O. The number of aromatic nitrogens is 2. The van der Waals surface area contributed by atoms with Gasteiger partial charge in [0.15, 0.2) is 0 Å². The van der Waals surface area contributed by atoms with E-state index < -0.39 is 5.82 Å². The molecule has 2 aromatic carbocycles. The van der Waals surface area contributed by atoms with E-state index >= 15 is 0 Å². The number of rotatable bonds is 4. The Labute approximate surface area is 138 Å². The fraction of sp³-hybridized carbons (Fsp3) is 0.0556. The van der Waals surface area contributed by atoms with Crippen molar-refractivity contribution in [3.63, 3.8) is 0 Å². The van der Waals surface area contributed by atoms with E-state index in [1.165, 1.54) is 12.3 Å². The summed E-state index contributed by atoms with van der Waals surface area (Å²) in [7, 11) is 0. The van der Waals surface area contributed by atoms with Crippen LogP contribution in [-0.2, 0) is 11.2 Å². The summed E-state index contributed by atoms with van der Waals surface area (Å²) in [6.07, 6.45) is 3.06. The first-order chi connectivity index (χ1) is 11.7. The van der Waals surface area contributed by atoms with E-state index in [1.54, 1.807) is 53.3 Å². The van der Waals surface area contributed by atoms with Crippen molar-refractivity contribution in [1.29, 1.82) is 5.26 Å². The fourth-order valence-corrected chi connectivity index (χ4v) is 2.24. The maximum atomic E-state index is 13.5. The molecule has 1 amide bonds. The summed E-state index contributed by atoms with van der Waals surface area (Å²) in [5, 5.41) is 15.6. The maximum absolute atomic E-state index is 13.5. The van der Waals surface area contributed by atoms with Gasteiger partial charge in [-0.15, -0.1) is 0 Å². The molecule has 0 aliphatic heterocycles. The average molecular weight is 320 g/mol. The first-order valence-corrected chi connectivity index (χ1v) is 7.24. The van der Waals surface area contributed by atoms with Crippen LogP contribution < -0.4 is 5.32 Å². The Kier molecular flexibility index (Phi) is 4.34. The number of anilines is 1. The topological polar surface area (TPSA) is 70.7 Å². The Bertz CT molecular complexity index is 909. The maximum Gasteiger partial charge on any atom is 0.228 e. The summed E-state index contributed by atoms with van der Waals surface area (Å²) in [6.45, 7) is 0. The number of hydrogen-bond donors (Lipinski definition) is 1. The van der Waals surface area contributed by atoms with Crippen molar-refractivity contribution in [2.45, 2.75) is 6.42 Å². The van der Waals surface area contributed by atoms with E-state index in [-0.39, 0.29) is 12.3 Å². The Morgan fingerprint density at radius 3 is 2.62 bits per heavy atom. The number of hydrogen-bond acceptors (Lipinski definition) is 3. The van der Waals surface area contributed by atoms with Gasteiger partial charge in [0.2, 0.25) is 5.91 Å². The Morgan fingerprint density at radius 1 is 1.21 bits per heavy atom. The van der Waals surface area contributed by atoms with Gasteiger partial charge in [-0.05, 0) is 35.9 Å². The summed E-state index contributed by atoms with van der Waals surface area (Å²) in [5.41, 5.74) is 2.20. The number of halogens is 1. The van der Waals surface area contributed by atoms with Gasteiger partial charge in [-0.25, -0.2) is 9.07 Å². The minimum absolute atomic E-state index is 0.0287. The van der Waals surface area contributed by atoms with Gasteiger partial charge in [0.1, 0.15) is 11.9 Å². The minimum atomic E-state index is -0.394. The molecule has 0 saturated heterocycles. The highest BCUT2D eigenvalue weighted by molar-refractivity contribution is 5.92. The molecule has 1 heterocycles. The lowest BCUT2D eigenvalue weighted by atomic mass is 10.1. The van der Waals surface area contributed by atoms with Crippen LogP contribution in [0.25, 0.3) is 5.69 Å². The number of carbonyl (C=O) groups is 1. The van der Waals surface area contributed by atoms with E-state index in [1.807, 2.05) is 6.07 Å². The molecule has 0 radical (unpaired) electrons. The second-order valence-corrected chi connectivity index (χ2v) is 5.15. The largest absolute Gasteiger partial charge is 0.326 e. The van der Waals surface area contributed by atoms with Crippen molar-refractivity contribution in [2.75, 3.05) is 5.32 Å². The number of carbonyl (C=O) groups excluding carboxylic acids is 1.